The lowest BCUT2D eigenvalue weighted by Gasteiger charge is -1.93. The van der Waals surface area contributed by atoms with Gasteiger partial charge >= 0.3 is 0 Å². The minimum atomic E-state index is 0.598. The highest BCUT2D eigenvalue weighted by Crippen LogP contribution is 2.02. The Morgan fingerprint density at radius 3 is 1.80 bits per heavy atom. The van der Waals surface area contributed by atoms with E-state index in [1.54, 1.807) is 6.92 Å². The van der Waals surface area contributed by atoms with Gasteiger partial charge < -0.3 is 5.41 Å². The molecule has 0 aromatic carbocycles. The molecule has 0 atom stereocenters. The van der Waals surface area contributed by atoms with Gasteiger partial charge in [-0.25, -0.2) is 0 Å². The van der Waals surface area contributed by atoms with E-state index in [9.17, 15) is 0 Å². The SMILES string of the molecule is CC(=N)/C=C\C(C)=C(C)C. The average molecular weight is 137 g/mol. The zero-order chi connectivity index (χ0) is 8.15. The third kappa shape index (κ3) is 4.07. The van der Waals surface area contributed by atoms with E-state index in [4.69, 9.17) is 5.41 Å². The molecule has 0 unspecified atom stereocenters. The summed E-state index contributed by atoms with van der Waals surface area (Å²) in [7, 11) is 0. The van der Waals surface area contributed by atoms with Crippen molar-refractivity contribution in [2.75, 3.05) is 0 Å². The van der Waals surface area contributed by atoms with Crippen molar-refractivity contribution < 1.29 is 0 Å². The molecule has 56 valence electrons. The second kappa shape index (κ2) is 4.04. The van der Waals surface area contributed by atoms with Gasteiger partial charge in [-0.3, -0.25) is 0 Å². The first kappa shape index (κ1) is 9.15. The summed E-state index contributed by atoms with van der Waals surface area (Å²) in [4.78, 5) is 0. The number of hydrogen-bond acceptors (Lipinski definition) is 1. The van der Waals surface area contributed by atoms with Gasteiger partial charge in [0.1, 0.15) is 0 Å². The summed E-state index contributed by atoms with van der Waals surface area (Å²) in [5.41, 5.74) is 3.14. The molecule has 0 aliphatic carbocycles. The van der Waals surface area contributed by atoms with E-state index >= 15 is 0 Å². The number of allylic oxidation sites excluding steroid dienone is 4. The van der Waals surface area contributed by atoms with E-state index in [0.29, 0.717) is 5.71 Å². The van der Waals surface area contributed by atoms with E-state index in [1.165, 1.54) is 11.1 Å². The zero-order valence-corrected chi connectivity index (χ0v) is 7.15. The van der Waals surface area contributed by atoms with Crippen LogP contribution in [-0.4, -0.2) is 5.71 Å². The summed E-state index contributed by atoms with van der Waals surface area (Å²) >= 11 is 0. The third-order valence-corrected chi connectivity index (χ3v) is 1.37. The van der Waals surface area contributed by atoms with E-state index in [-0.39, 0.29) is 0 Å². The van der Waals surface area contributed by atoms with Crippen LogP contribution in [0.3, 0.4) is 0 Å². The van der Waals surface area contributed by atoms with Crippen LogP contribution >= 0.6 is 0 Å². The van der Waals surface area contributed by atoms with Crippen LogP contribution in [-0.2, 0) is 0 Å². The van der Waals surface area contributed by atoms with Gasteiger partial charge in [0.2, 0.25) is 0 Å². The minimum Gasteiger partial charge on any atom is -0.306 e. The van der Waals surface area contributed by atoms with E-state index in [2.05, 4.69) is 20.8 Å². The molecule has 0 saturated carbocycles. The van der Waals surface area contributed by atoms with Gasteiger partial charge in [0.25, 0.3) is 0 Å². The molecule has 1 nitrogen and oxygen atoms in total. The molecule has 0 saturated heterocycles. The van der Waals surface area contributed by atoms with E-state index < -0.39 is 0 Å². The fourth-order valence-corrected chi connectivity index (χ4v) is 0.417. The van der Waals surface area contributed by atoms with Crippen molar-refractivity contribution in [2.45, 2.75) is 27.7 Å². The second-order valence-corrected chi connectivity index (χ2v) is 2.70. The Hall–Kier alpha value is -0.850. The molecule has 0 aromatic heterocycles. The number of rotatable bonds is 2. The molecule has 1 N–H and O–H groups in total. The van der Waals surface area contributed by atoms with Crippen LogP contribution in [0.2, 0.25) is 0 Å². The van der Waals surface area contributed by atoms with Gasteiger partial charge in [-0.05, 0) is 33.8 Å². The first-order valence-electron chi connectivity index (χ1n) is 3.41. The molecule has 0 fully saturated rings. The maximum absolute atomic E-state index is 7.12. The largest absolute Gasteiger partial charge is 0.306 e. The molecule has 0 amide bonds. The van der Waals surface area contributed by atoms with Crippen molar-refractivity contribution in [2.24, 2.45) is 0 Å². The number of hydrogen-bond donors (Lipinski definition) is 1. The fraction of sp³-hybridized carbons (Fsp3) is 0.444. The molecule has 0 rings (SSSR count). The third-order valence-electron chi connectivity index (χ3n) is 1.37. The lowest BCUT2D eigenvalue weighted by molar-refractivity contribution is 1.29. The van der Waals surface area contributed by atoms with Crippen LogP contribution in [0.25, 0.3) is 0 Å². The molecule has 0 heterocycles. The van der Waals surface area contributed by atoms with Crippen molar-refractivity contribution in [1.29, 1.82) is 5.41 Å². The minimum absolute atomic E-state index is 0.598. The summed E-state index contributed by atoms with van der Waals surface area (Å²) in [6, 6.07) is 0. The Bertz CT molecular complexity index is 181. The van der Waals surface area contributed by atoms with Crippen LogP contribution in [0.15, 0.2) is 23.3 Å². The van der Waals surface area contributed by atoms with Crippen molar-refractivity contribution >= 4 is 5.71 Å². The fourth-order valence-electron chi connectivity index (χ4n) is 0.417. The van der Waals surface area contributed by atoms with Crippen LogP contribution in [0, 0.1) is 5.41 Å². The molecule has 0 aromatic rings. The Morgan fingerprint density at radius 1 is 1.00 bits per heavy atom. The first-order chi connectivity index (χ1) is 4.54. The zero-order valence-electron chi connectivity index (χ0n) is 7.15. The highest BCUT2D eigenvalue weighted by atomic mass is 14.4. The van der Waals surface area contributed by atoms with Gasteiger partial charge in [0, 0.05) is 5.71 Å². The monoisotopic (exact) mass is 137 g/mol. The number of nitrogens with one attached hydrogen (secondary N) is 1. The van der Waals surface area contributed by atoms with Crippen LogP contribution in [0.4, 0.5) is 0 Å². The Kier molecular flexibility index (Phi) is 3.70. The molecular weight excluding hydrogens is 122 g/mol. The average Bonchev–Trinajstić information content (AvgIpc) is 1.82. The predicted molar refractivity (Wildman–Crippen MR) is 46.6 cm³/mol. The maximum Gasteiger partial charge on any atom is 0.0283 e. The van der Waals surface area contributed by atoms with Crippen molar-refractivity contribution in [1.82, 2.24) is 0 Å². The predicted octanol–water partition coefficient (Wildman–Crippen LogP) is 2.94. The van der Waals surface area contributed by atoms with Gasteiger partial charge in [-0.1, -0.05) is 17.2 Å². The second-order valence-electron chi connectivity index (χ2n) is 2.70. The van der Waals surface area contributed by atoms with E-state index in [0.717, 1.165) is 0 Å². The topological polar surface area (TPSA) is 23.9 Å². The van der Waals surface area contributed by atoms with Crippen LogP contribution in [0.5, 0.6) is 0 Å². The molecule has 0 aliphatic rings. The summed E-state index contributed by atoms with van der Waals surface area (Å²) in [5.74, 6) is 0. The van der Waals surface area contributed by atoms with Crippen molar-refractivity contribution in [3.8, 4) is 0 Å². The van der Waals surface area contributed by atoms with Crippen molar-refractivity contribution in [3.63, 3.8) is 0 Å². The molecule has 0 spiro atoms. The normalized spacial score (nSPS) is 10.0. The molecule has 10 heavy (non-hydrogen) atoms. The smallest absolute Gasteiger partial charge is 0.0283 e. The van der Waals surface area contributed by atoms with Crippen LogP contribution < -0.4 is 0 Å². The lowest BCUT2D eigenvalue weighted by Crippen LogP contribution is -1.80. The van der Waals surface area contributed by atoms with Crippen molar-refractivity contribution in [3.05, 3.63) is 23.3 Å². The molecule has 0 aliphatic heterocycles. The van der Waals surface area contributed by atoms with Gasteiger partial charge in [0.05, 0.1) is 0 Å². The van der Waals surface area contributed by atoms with Crippen LogP contribution in [0.1, 0.15) is 27.7 Å². The lowest BCUT2D eigenvalue weighted by atomic mass is 10.1. The Labute approximate surface area is 63.0 Å². The first-order valence-corrected chi connectivity index (χ1v) is 3.41. The molecule has 0 bridgehead atoms. The summed E-state index contributed by atoms with van der Waals surface area (Å²) in [6.45, 7) is 7.96. The van der Waals surface area contributed by atoms with Gasteiger partial charge in [0.15, 0.2) is 0 Å². The Balaban J connectivity index is 4.16. The highest BCUT2D eigenvalue weighted by molar-refractivity contribution is 5.90. The summed E-state index contributed by atoms with van der Waals surface area (Å²) in [6.07, 6.45) is 3.78. The van der Waals surface area contributed by atoms with E-state index in [1.807, 2.05) is 12.2 Å². The Morgan fingerprint density at radius 2 is 1.50 bits per heavy atom. The highest BCUT2D eigenvalue weighted by Gasteiger charge is 1.84. The van der Waals surface area contributed by atoms with Gasteiger partial charge in [-0.15, -0.1) is 0 Å². The quantitative estimate of drug-likeness (QED) is 0.447. The summed E-state index contributed by atoms with van der Waals surface area (Å²) in [5, 5.41) is 7.12. The maximum atomic E-state index is 7.12. The summed E-state index contributed by atoms with van der Waals surface area (Å²) < 4.78 is 0. The molecule has 0 radical (unpaired) electrons. The molecular formula is C9H15N. The standard InChI is InChI=1S/C9H15N/c1-7(2)8(3)5-6-9(4)10/h5-6,10H,1-4H3/b6-5-,10-9?. The van der Waals surface area contributed by atoms with Gasteiger partial charge in [-0.2, -0.15) is 0 Å². The molecule has 1 heteroatoms.